The summed E-state index contributed by atoms with van der Waals surface area (Å²) < 4.78 is 74.6. The predicted molar refractivity (Wildman–Crippen MR) is 123 cm³/mol. The van der Waals surface area contributed by atoms with E-state index in [9.17, 15) is 0 Å². The zero-order valence-electron chi connectivity index (χ0n) is 25.5. The Bertz CT molecular complexity index is 1480. The van der Waals surface area contributed by atoms with Crippen LogP contribution in [0.5, 0.6) is 0 Å². The van der Waals surface area contributed by atoms with Crippen molar-refractivity contribution in [1.82, 2.24) is 0 Å². The summed E-state index contributed by atoms with van der Waals surface area (Å²) in [5, 5.41) is 0. The van der Waals surface area contributed by atoms with Gasteiger partial charge in [-0.1, -0.05) is 60.7 Å². The molecule has 4 rings (SSSR count). The summed E-state index contributed by atoms with van der Waals surface area (Å²) in [5.74, 6) is 0. The van der Waals surface area contributed by atoms with Crippen molar-refractivity contribution >= 4 is 0 Å². The fourth-order valence-corrected chi connectivity index (χ4v) is 3.70. The maximum Gasteiger partial charge on any atom is 0.213 e. The number of aromatic nitrogens is 1. The molecule has 4 aromatic rings. The minimum absolute atomic E-state index is 0.0560. The minimum atomic E-state index is -2.48. The van der Waals surface area contributed by atoms with E-state index in [0.29, 0.717) is 33.5 Å². The summed E-state index contributed by atoms with van der Waals surface area (Å²) in [6.45, 7) is -5.49. The van der Waals surface area contributed by atoms with Crippen LogP contribution in [0.2, 0.25) is 0 Å². The summed E-state index contributed by atoms with van der Waals surface area (Å²) in [6.07, 6.45) is 1.58. The van der Waals surface area contributed by atoms with Crippen molar-refractivity contribution in [3.63, 3.8) is 0 Å². The Morgan fingerprint density at radius 3 is 2.10 bits per heavy atom. The maximum atomic E-state index is 8.17. The molecule has 29 heavy (non-hydrogen) atoms. The van der Waals surface area contributed by atoms with Crippen LogP contribution in [0, 0.1) is 27.5 Å². The molecule has 0 amide bonds. The summed E-state index contributed by atoms with van der Waals surface area (Å²) in [7, 11) is 1.74. The molecular formula is C28H28N+. The standard InChI is InChI=1S/C28H28N/c1-19-11-9-10-14-24(19)26-16-27(21(3)15-20(26)2)28-17-25(22(4)18-29(28)5)23-12-7-6-8-13-23/h6-18H,1-5H3/q+1/i1D3,2D3,4D3. The number of hydrogen-bond acceptors (Lipinski definition) is 0. The molecule has 144 valence electrons. The predicted octanol–water partition coefficient (Wildman–Crippen LogP) is 6.75. The van der Waals surface area contributed by atoms with Crippen molar-refractivity contribution in [2.24, 2.45) is 7.05 Å². The first kappa shape index (κ1) is 11.1. The molecule has 0 bridgehead atoms. The maximum absolute atomic E-state index is 8.17. The van der Waals surface area contributed by atoms with Gasteiger partial charge in [-0.2, -0.15) is 0 Å². The average Bonchev–Trinajstić information content (AvgIpc) is 2.83. The number of nitrogens with zero attached hydrogens (tertiary/aromatic N) is 1. The fourth-order valence-electron chi connectivity index (χ4n) is 3.70. The van der Waals surface area contributed by atoms with Gasteiger partial charge in [0.05, 0.1) is 0 Å². The Labute approximate surface area is 187 Å². The monoisotopic (exact) mass is 387 g/mol. The van der Waals surface area contributed by atoms with Crippen molar-refractivity contribution in [2.75, 3.05) is 0 Å². The molecule has 0 fully saturated rings. The van der Waals surface area contributed by atoms with Crippen LogP contribution in [0.25, 0.3) is 33.5 Å². The van der Waals surface area contributed by atoms with Crippen molar-refractivity contribution in [3.05, 3.63) is 101 Å². The van der Waals surface area contributed by atoms with Crippen LogP contribution in [0.15, 0.2) is 79.0 Å². The summed E-state index contributed by atoms with van der Waals surface area (Å²) in [5.41, 5.74) is 4.23. The highest BCUT2D eigenvalue weighted by molar-refractivity contribution is 5.79. The molecule has 0 aliphatic carbocycles. The van der Waals surface area contributed by atoms with Gasteiger partial charge in [0.15, 0.2) is 6.20 Å². The van der Waals surface area contributed by atoms with Gasteiger partial charge in [-0.05, 0) is 72.5 Å². The van der Waals surface area contributed by atoms with Crippen molar-refractivity contribution in [3.8, 4) is 33.5 Å². The van der Waals surface area contributed by atoms with Gasteiger partial charge < -0.3 is 0 Å². The second-order valence-electron chi connectivity index (χ2n) is 7.22. The van der Waals surface area contributed by atoms with Crippen LogP contribution in [0.1, 0.15) is 34.6 Å². The van der Waals surface area contributed by atoms with Crippen LogP contribution in [-0.2, 0) is 7.05 Å². The molecule has 1 heteroatoms. The van der Waals surface area contributed by atoms with Gasteiger partial charge in [0.1, 0.15) is 7.05 Å². The molecule has 0 saturated carbocycles. The lowest BCUT2D eigenvalue weighted by molar-refractivity contribution is -0.660. The molecule has 1 aromatic heterocycles. The van der Waals surface area contributed by atoms with Crippen LogP contribution in [-0.4, -0.2) is 0 Å². The summed E-state index contributed by atoms with van der Waals surface area (Å²) >= 11 is 0. The first-order valence-corrected chi connectivity index (χ1v) is 9.44. The molecule has 0 saturated heterocycles. The highest BCUT2D eigenvalue weighted by Crippen LogP contribution is 2.34. The zero-order valence-corrected chi connectivity index (χ0v) is 16.5. The van der Waals surface area contributed by atoms with E-state index in [1.807, 2.05) is 30.3 Å². The minimum Gasteiger partial charge on any atom is -0.201 e. The van der Waals surface area contributed by atoms with E-state index in [2.05, 4.69) is 0 Å². The highest BCUT2D eigenvalue weighted by Gasteiger charge is 2.19. The number of pyridine rings is 1. The van der Waals surface area contributed by atoms with Gasteiger partial charge in [0.2, 0.25) is 5.69 Å². The lowest BCUT2D eigenvalue weighted by Crippen LogP contribution is -2.31. The van der Waals surface area contributed by atoms with Gasteiger partial charge in [-0.15, -0.1) is 0 Å². The largest absolute Gasteiger partial charge is 0.213 e. The summed E-state index contributed by atoms with van der Waals surface area (Å²) in [4.78, 5) is 0. The third-order valence-corrected chi connectivity index (χ3v) is 5.22. The lowest BCUT2D eigenvalue weighted by Gasteiger charge is -2.15. The fraction of sp³-hybridized carbons (Fsp3) is 0.179. The van der Waals surface area contributed by atoms with Gasteiger partial charge in [-0.3, -0.25) is 0 Å². The SMILES string of the molecule is [2H]C([2H])([2H])c1c[n+](C)c(-c2cc(-c3ccccc3C([2H])([2H])[2H])c(C([2H])([2H])[2H])cc2C)cc1-c1ccccc1. The van der Waals surface area contributed by atoms with E-state index in [0.717, 1.165) is 5.56 Å². The Kier molecular flexibility index (Phi) is 2.94. The topological polar surface area (TPSA) is 3.88 Å². The normalized spacial score (nSPS) is 16.8. The molecule has 0 atom stereocenters. The van der Waals surface area contributed by atoms with Crippen molar-refractivity contribution in [1.29, 1.82) is 0 Å². The van der Waals surface area contributed by atoms with Gasteiger partial charge in [-0.25, -0.2) is 4.57 Å². The molecular weight excluding hydrogens is 350 g/mol. The first-order chi connectivity index (χ1) is 17.6. The van der Waals surface area contributed by atoms with Gasteiger partial charge >= 0.3 is 0 Å². The van der Waals surface area contributed by atoms with Crippen LogP contribution >= 0.6 is 0 Å². The molecule has 0 N–H and O–H groups in total. The number of rotatable bonds is 3. The highest BCUT2D eigenvalue weighted by atomic mass is 14.9. The van der Waals surface area contributed by atoms with Crippen LogP contribution in [0.3, 0.4) is 0 Å². The first-order valence-electron chi connectivity index (χ1n) is 13.9. The molecule has 3 aromatic carbocycles. The van der Waals surface area contributed by atoms with Gasteiger partial charge in [0, 0.05) is 29.5 Å². The number of hydrogen-bond donors (Lipinski definition) is 0. The van der Waals surface area contributed by atoms with E-state index in [1.165, 1.54) is 6.07 Å². The molecule has 1 nitrogen and oxygen atoms in total. The van der Waals surface area contributed by atoms with E-state index in [-0.39, 0.29) is 16.7 Å². The Balaban J connectivity index is 2.07. The van der Waals surface area contributed by atoms with Crippen LogP contribution < -0.4 is 4.57 Å². The molecule has 0 unspecified atom stereocenters. The molecule has 0 aliphatic rings. The Hall–Kier alpha value is -3.19. The summed E-state index contributed by atoms with van der Waals surface area (Å²) in [6, 6.07) is 20.7. The molecule has 1 heterocycles. The van der Waals surface area contributed by atoms with E-state index in [4.69, 9.17) is 12.3 Å². The average molecular weight is 388 g/mol. The zero-order chi connectivity index (χ0) is 28.0. The third kappa shape index (κ3) is 3.61. The van der Waals surface area contributed by atoms with Crippen molar-refractivity contribution in [2.45, 2.75) is 27.5 Å². The van der Waals surface area contributed by atoms with Crippen molar-refractivity contribution < 1.29 is 16.9 Å². The number of aryl methyl sites for hydroxylation is 5. The Morgan fingerprint density at radius 1 is 0.621 bits per heavy atom. The smallest absolute Gasteiger partial charge is 0.201 e. The molecule has 0 radical (unpaired) electrons. The van der Waals surface area contributed by atoms with Crippen LogP contribution in [0.4, 0.5) is 0 Å². The second kappa shape index (κ2) is 7.67. The number of benzene rings is 3. The van der Waals surface area contributed by atoms with E-state index < -0.39 is 20.6 Å². The van der Waals surface area contributed by atoms with E-state index >= 15 is 0 Å². The van der Waals surface area contributed by atoms with E-state index in [1.54, 1.807) is 61.1 Å². The molecule has 0 aliphatic heterocycles. The second-order valence-corrected chi connectivity index (χ2v) is 7.22. The van der Waals surface area contributed by atoms with Gasteiger partial charge in [0.25, 0.3) is 0 Å². The quantitative estimate of drug-likeness (QED) is 0.342. The third-order valence-electron chi connectivity index (χ3n) is 5.22. The lowest BCUT2D eigenvalue weighted by atomic mass is 9.90. The molecule has 0 spiro atoms. The Morgan fingerprint density at radius 2 is 1.34 bits per heavy atom.